The van der Waals surface area contributed by atoms with E-state index in [4.69, 9.17) is 11.0 Å². The maximum Gasteiger partial charge on any atom is 0.119 e. The first-order chi connectivity index (χ1) is 6.31. The topological polar surface area (TPSA) is 81.4 Å². The van der Waals surface area contributed by atoms with E-state index in [2.05, 4.69) is 9.97 Å². The van der Waals surface area contributed by atoms with Crippen LogP contribution in [0.4, 0.5) is 5.82 Å². The molecule has 4 heteroatoms. The fourth-order valence-corrected chi connectivity index (χ4v) is 1.21. The molecule has 2 rings (SSSR count). The van der Waals surface area contributed by atoms with Crippen LogP contribution < -0.4 is 5.73 Å². The molecule has 0 saturated heterocycles. The van der Waals surface area contributed by atoms with Crippen LogP contribution in [0.25, 0.3) is 11.3 Å². The number of hydrogen-bond acceptors (Lipinski definition) is 2. The van der Waals surface area contributed by atoms with Gasteiger partial charge in [-0.05, 0) is 12.1 Å². The summed E-state index contributed by atoms with van der Waals surface area (Å²) < 4.78 is 0. The monoisotopic (exact) mass is 172 g/mol. The Labute approximate surface area is 75.0 Å². The first-order valence-corrected chi connectivity index (χ1v) is 3.83. The predicted octanol–water partition coefficient (Wildman–Crippen LogP) is 1.46. The molecule has 0 saturated carbocycles. The van der Waals surface area contributed by atoms with Crippen molar-refractivity contribution in [1.29, 1.82) is 5.26 Å². The Hall–Kier alpha value is -2.15. The quantitative estimate of drug-likeness (QED) is 0.608. The van der Waals surface area contributed by atoms with Gasteiger partial charge in [-0.2, -0.15) is 5.26 Å². The zero-order chi connectivity index (χ0) is 9.26. The fourth-order valence-electron chi connectivity index (χ4n) is 1.21. The van der Waals surface area contributed by atoms with Crippen molar-refractivity contribution >= 4 is 5.82 Å². The van der Waals surface area contributed by atoms with Crippen molar-refractivity contribution in [2.24, 2.45) is 0 Å². The summed E-state index contributed by atoms with van der Waals surface area (Å²) in [7, 11) is 0. The molecule has 0 aliphatic heterocycles. The van der Waals surface area contributed by atoms with Gasteiger partial charge in [-0.15, -0.1) is 0 Å². The van der Waals surface area contributed by atoms with E-state index in [0.29, 0.717) is 11.4 Å². The van der Waals surface area contributed by atoms with Gasteiger partial charge in [0.2, 0.25) is 0 Å². The number of nitrogens with two attached hydrogens (primary N) is 1. The highest BCUT2D eigenvalue weighted by atomic mass is 14.9. The molecule has 4 N–H and O–H groups in total. The lowest BCUT2D eigenvalue weighted by atomic mass is 10.2. The maximum atomic E-state index is 8.67. The van der Waals surface area contributed by atoms with Crippen LogP contribution in [-0.2, 0) is 0 Å². The number of aromatic amines is 2. The van der Waals surface area contributed by atoms with Crippen LogP contribution in [0.2, 0.25) is 0 Å². The van der Waals surface area contributed by atoms with Gasteiger partial charge in [0, 0.05) is 23.7 Å². The number of anilines is 1. The second-order valence-electron chi connectivity index (χ2n) is 2.72. The highest BCUT2D eigenvalue weighted by Gasteiger charge is 2.05. The summed E-state index contributed by atoms with van der Waals surface area (Å²) in [5.74, 6) is 0.415. The number of nitriles is 1. The van der Waals surface area contributed by atoms with E-state index in [1.807, 2.05) is 24.5 Å². The number of rotatable bonds is 1. The molecular weight excluding hydrogens is 164 g/mol. The minimum atomic E-state index is 0.415. The molecule has 0 bridgehead atoms. The van der Waals surface area contributed by atoms with Crippen molar-refractivity contribution in [2.45, 2.75) is 0 Å². The van der Waals surface area contributed by atoms with Crippen LogP contribution in [0.3, 0.4) is 0 Å². The van der Waals surface area contributed by atoms with E-state index >= 15 is 0 Å². The zero-order valence-corrected chi connectivity index (χ0v) is 6.83. The van der Waals surface area contributed by atoms with Gasteiger partial charge in [0.1, 0.15) is 11.9 Å². The first-order valence-electron chi connectivity index (χ1n) is 3.83. The van der Waals surface area contributed by atoms with Gasteiger partial charge < -0.3 is 15.7 Å². The number of nitrogens with zero attached hydrogens (tertiary/aromatic N) is 1. The molecule has 0 atom stereocenters. The normalized spacial score (nSPS) is 9.77. The van der Waals surface area contributed by atoms with Crippen LogP contribution in [0.15, 0.2) is 24.5 Å². The van der Waals surface area contributed by atoms with Crippen molar-refractivity contribution in [3.63, 3.8) is 0 Å². The predicted molar refractivity (Wildman–Crippen MR) is 49.7 cm³/mol. The van der Waals surface area contributed by atoms with E-state index in [1.54, 1.807) is 6.07 Å². The summed E-state index contributed by atoms with van der Waals surface area (Å²) in [5.41, 5.74) is 7.90. The fraction of sp³-hybridized carbons (Fsp3) is 0. The number of H-pyrrole nitrogens is 2. The molecule has 2 heterocycles. The third-order valence-corrected chi connectivity index (χ3v) is 1.88. The van der Waals surface area contributed by atoms with Gasteiger partial charge in [0.15, 0.2) is 0 Å². The van der Waals surface area contributed by atoms with E-state index in [0.717, 1.165) is 11.3 Å². The minimum Gasteiger partial charge on any atom is -0.384 e. The van der Waals surface area contributed by atoms with Crippen LogP contribution in [0.1, 0.15) is 5.56 Å². The molecule has 0 aliphatic rings. The van der Waals surface area contributed by atoms with Crippen LogP contribution >= 0.6 is 0 Å². The summed E-state index contributed by atoms with van der Waals surface area (Å²) in [6, 6.07) is 5.65. The molecule has 13 heavy (non-hydrogen) atoms. The van der Waals surface area contributed by atoms with Crippen molar-refractivity contribution in [3.05, 3.63) is 30.1 Å². The zero-order valence-electron chi connectivity index (χ0n) is 6.83. The molecule has 0 aromatic carbocycles. The summed E-state index contributed by atoms with van der Waals surface area (Å²) in [6.45, 7) is 0. The third kappa shape index (κ3) is 1.16. The molecule has 0 amide bonds. The number of aromatic nitrogens is 2. The second-order valence-corrected chi connectivity index (χ2v) is 2.72. The Morgan fingerprint density at radius 1 is 1.46 bits per heavy atom. The third-order valence-electron chi connectivity index (χ3n) is 1.88. The van der Waals surface area contributed by atoms with Crippen LogP contribution in [0.5, 0.6) is 0 Å². The highest BCUT2D eigenvalue weighted by molar-refractivity contribution is 5.66. The van der Waals surface area contributed by atoms with Crippen molar-refractivity contribution < 1.29 is 0 Å². The van der Waals surface area contributed by atoms with Crippen molar-refractivity contribution in [3.8, 4) is 17.3 Å². The highest BCUT2D eigenvalue weighted by Crippen LogP contribution is 2.21. The Balaban J connectivity index is 2.50. The van der Waals surface area contributed by atoms with Crippen LogP contribution in [-0.4, -0.2) is 9.97 Å². The Kier molecular flexibility index (Phi) is 1.57. The summed E-state index contributed by atoms with van der Waals surface area (Å²) in [6.07, 6.45) is 3.66. The summed E-state index contributed by atoms with van der Waals surface area (Å²) in [4.78, 5) is 5.86. The van der Waals surface area contributed by atoms with Gasteiger partial charge in [-0.25, -0.2) is 0 Å². The molecule has 0 aliphatic carbocycles. The number of hydrogen-bond donors (Lipinski definition) is 3. The van der Waals surface area contributed by atoms with Gasteiger partial charge in [0.25, 0.3) is 0 Å². The van der Waals surface area contributed by atoms with E-state index in [9.17, 15) is 0 Å². The molecule has 0 unspecified atom stereocenters. The lowest BCUT2D eigenvalue weighted by Crippen LogP contribution is -1.86. The first kappa shape index (κ1) is 7.50. The van der Waals surface area contributed by atoms with Crippen molar-refractivity contribution in [1.82, 2.24) is 9.97 Å². The molecule has 4 nitrogen and oxygen atoms in total. The Morgan fingerprint density at radius 3 is 2.85 bits per heavy atom. The standard InChI is InChI=1S/C9H8N4/c10-4-7-3-8(13-9(7)11)6-1-2-12-5-6/h1-3,5,12-13H,11H2. The van der Waals surface area contributed by atoms with Crippen molar-refractivity contribution in [2.75, 3.05) is 5.73 Å². The van der Waals surface area contributed by atoms with Gasteiger partial charge in [0.05, 0.1) is 5.56 Å². The van der Waals surface area contributed by atoms with Gasteiger partial charge >= 0.3 is 0 Å². The second kappa shape index (κ2) is 2.72. The van der Waals surface area contributed by atoms with Gasteiger partial charge in [-0.3, -0.25) is 0 Å². The molecular formula is C9H8N4. The van der Waals surface area contributed by atoms with Crippen LogP contribution in [0, 0.1) is 11.3 Å². The summed E-state index contributed by atoms with van der Waals surface area (Å²) >= 11 is 0. The number of nitrogens with one attached hydrogen (secondary N) is 2. The Morgan fingerprint density at radius 2 is 2.31 bits per heavy atom. The molecule has 0 radical (unpaired) electrons. The van der Waals surface area contributed by atoms with E-state index < -0.39 is 0 Å². The molecule has 2 aromatic heterocycles. The molecule has 64 valence electrons. The minimum absolute atomic E-state index is 0.415. The number of nitrogen functional groups attached to an aromatic ring is 1. The lowest BCUT2D eigenvalue weighted by molar-refractivity contribution is 1.38. The molecule has 2 aromatic rings. The average Bonchev–Trinajstić information content (AvgIpc) is 2.71. The molecule has 0 fully saturated rings. The van der Waals surface area contributed by atoms with E-state index in [-0.39, 0.29) is 0 Å². The summed E-state index contributed by atoms with van der Waals surface area (Å²) in [5, 5.41) is 8.67. The Bertz CT molecular complexity index is 444. The average molecular weight is 172 g/mol. The lowest BCUT2D eigenvalue weighted by Gasteiger charge is -1.88. The van der Waals surface area contributed by atoms with E-state index in [1.165, 1.54) is 0 Å². The van der Waals surface area contributed by atoms with Gasteiger partial charge in [-0.1, -0.05) is 0 Å². The maximum absolute atomic E-state index is 8.67. The molecule has 0 spiro atoms. The smallest absolute Gasteiger partial charge is 0.119 e. The SMILES string of the molecule is N#Cc1cc(-c2cc[nH]c2)[nH]c1N. The largest absolute Gasteiger partial charge is 0.384 e.